The summed E-state index contributed by atoms with van der Waals surface area (Å²) in [4.78, 5) is 26.7. The van der Waals surface area contributed by atoms with Crippen LogP contribution in [-0.4, -0.2) is 28.5 Å². The molecule has 1 aromatic heterocycles. The third kappa shape index (κ3) is 7.97. The number of amides is 2. The molecule has 38 heavy (non-hydrogen) atoms. The van der Waals surface area contributed by atoms with Gasteiger partial charge in [-0.1, -0.05) is 60.8 Å². The van der Waals surface area contributed by atoms with Crippen LogP contribution in [-0.2, 0) is 12.0 Å². The van der Waals surface area contributed by atoms with E-state index in [1.54, 1.807) is 0 Å². The molecule has 0 aliphatic heterocycles. The highest BCUT2D eigenvalue weighted by molar-refractivity contribution is 5.98. The van der Waals surface area contributed by atoms with Gasteiger partial charge in [0.2, 0.25) is 0 Å². The third-order valence-electron chi connectivity index (χ3n) is 7.40. The second kappa shape index (κ2) is 11.3. The highest BCUT2D eigenvalue weighted by Gasteiger charge is 2.26. The molecule has 0 radical (unpaired) electrons. The van der Waals surface area contributed by atoms with Crippen molar-refractivity contribution in [3.05, 3.63) is 46.6 Å². The predicted octanol–water partition coefficient (Wildman–Crippen LogP) is 7.65. The lowest BCUT2D eigenvalue weighted by atomic mass is 9.84. The number of benzene rings is 1. The molecule has 1 heterocycles. The Hall–Kier alpha value is -2.56. The SMILES string of the molecule is Cc1c(C(=O)NCC(C)(C)C)cc(-c2cc(C(=O)NC(C)(C)C)cc(C(C)(C)C)c2)n1CC1CCCCC1. The van der Waals surface area contributed by atoms with Crippen molar-refractivity contribution in [2.75, 3.05) is 6.54 Å². The molecule has 210 valence electrons. The Balaban J connectivity index is 2.14. The summed E-state index contributed by atoms with van der Waals surface area (Å²) in [7, 11) is 0. The number of hydrogen-bond donors (Lipinski definition) is 2. The molecule has 2 aromatic rings. The molecule has 3 rings (SSSR count). The van der Waals surface area contributed by atoms with Gasteiger partial charge in [0.1, 0.15) is 0 Å². The summed E-state index contributed by atoms with van der Waals surface area (Å²) >= 11 is 0. The molecule has 1 fully saturated rings. The fraction of sp³-hybridized carbons (Fsp3) is 0.636. The maximum absolute atomic E-state index is 13.4. The van der Waals surface area contributed by atoms with Gasteiger partial charge >= 0.3 is 0 Å². The topological polar surface area (TPSA) is 63.1 Å². The molecule has 0 bridgehead atoms. The predicted molar refractivity (Wildman–Crippen MR) is 159 cm³/mol. The average molecular weight is 522 g/mol. The van der Waals surface area contributed by atoms with Crippen LogP contribution in [0, 0.1) is 18.3 Å². The fourth-order valence-electron chi connectivity index (χ4n) is 5.17. The monoisotopic (exact) mass is 521 g/mol. The molecule has 0 atom stereocenters. The summed E-state index contributed by atoms with van der Waals surface area (Å²) in [5.74, 6) is 0.502. The zero-order valence-corrected chi connectivity index (χ0v) is 25.6. The van der Waals surface area contributed by atoms with Crippen molar-refractivity contribution in [2.24, 2.45) is 11.3 Å². The normalized spacial score (nSPS) is 15.4. The lowest BCUT2D eigenvalue weighted by Gasteiger charge is -2.26. The number of nitrogens with zero attached hydrogens (tertiary/aromatic N) is 1. The van der Waals surface area contributed by atoms with Gasteiger partial charge in [0.25, 0.3) is 11.8 Å². The van der Waals surface area contributed by atoms with E-state index in [4.69, 9.17) is 0 Å². The zero-order valence-electron chi connectivity index (χ0n) is 25.6. The van der Waals surface area contributed by atoms with E-state index in [1.807, 2.05) is 39.0 Å². The minimum Gasteiger partial charge on any atom is -0.351 e. The number of hydrogen-bond acceptors (Lipinski definition) is 2. The van der Waals surface area contributed by atoms with Crippen LogP contribution < -0.4 is 10.6 Å². The summed E-state index contributed by atoms with van der Waals surface area (Å²) in [5, 5.41) is 6.28. The summed E-state index contributed by atoms with van der Waals surface area (Å²) < 4.78 is 2.34. The van der Waals surface area contributed by atoms with E-state index in [0.29, 0.717) is 18.0 Å². The van der Waals surface area contributed by atoms with Crippen molar-refractivity contribution in [1.82, 2.24) is 15.2 Å². The lowest BCUT2D eigenvalue weighted by Crippen LogP contribution is -2.40. The molecule has 1 aromatic carbocycles. The van der Waals surface area contributed by atoms with E-state index in [2.05, 4.69) is 69.7 Å². The van der Waals surface area contributed by atoms with E-state index in [-0.39, 0.29) is 28.2 Å². The summed E-state index contributed by atoms with van der Waals surface area (Å²) in [6, 6.07) is 8.27. The van der Waals surface area contributed by atoms with Gasteiger partial charge in [0.15, 0.2) is 0 Å². The first kappa shape index (κ1) is 30.0. The lowest BCUT2D eigenvalue weighted by molar-refractivity contribution is 0.0916. The first-order valence-electron chi connectivity index (χ1n) is 14.4. The second-order valence-corrected chi connectivity index (χ2v) is 14.6. The van der Waals surface area contributed by atoms with Gasteiger partial charge < -0.3 is 15.2 Å². The van der Waals surface area contributed by atoms with Crippen LogP contribution in [0.15, 0.2) is 24.3 Å². The van der Waals surface area contributed by atoms with Gasteiger partial charge in [0, 0.05) is 35.6 Å². The van der Waals surface area contributed by atoms with Crippen LogP contribution in [0.25, 0.3) is 11.3 Å². The quantitative estimate of drug-likeness (QED) is 0.410. The molecular formula is C33H51N3O2. The van der Waals surface area contributed by atoms with Gasteiger partial charge in [-0.3, -0.25) is 9.59 Å². The van der Waals surface area contributed by atoms with E-state index >= 15 is 0 Å². The standard InChI is InChI=1S/C33H51N3O2/c1-22-27(30(38)34-21-31(2,3)4)19-28(36(22)20-23-14-12-11-13-15-23)24-16-25(29(37)35-33(8,9)10)18-26(17-24)32(5,6)7/h16-19,23H,11-15,20-21H2,1-10H3,(H,34,38)(H,35,37). The van der Waals surface area contributed by atoms with Gasteiger partial charge in [0.05, 0.1) is 5.56 Å². The maximum atomic E-state index is 13.4. The van der Waals surface area contributed by atoms with Crippen LogP contribution in [0.5, 0.6) is 0 Å². The van der Waals surface area contributed by atoms with Crippen molar-refractivity contribution in [3.63, 3.8) is 0 Å². The molecular weight excluding hydrogens is 470 g/mol. The first-order valence-corrected chi connectivity index (χ1v) is 14.4. The molecule has 0 spiro atoms. The van der Waals surface area contributed by atoms with E-state index < -0.39 is 0 Å². The van der Waals surface area contributed by atoms with E-state index in [9.17, 15) is 9.59 Å². The largest absolute Gasteiger partial charge is 0.351 e. The highest BCUT2D eigenvalue weighted by Crippen LogP contribution is 2.34. The van der Waals surface area contributed by atoms with Crippen LogP contribution in [0.4, 0.5) is 0 Å². The molecule has 1 aliphatic rings. The zero-order chi connectivity index (χ0) is 28.5. The van der Waals surface area contributed by atoms with Gasteiger partial charge in [-0.15, -0.1) is 0 Å². The Bertz CT molecular complexity index is 1150. The van der Waals surface area contributed by atoms with Gasteiger partial charge in [-0.2, -0.15) is 0 Å². The van der Waals surface area contributed by atoms with Gasteiger partial charge in [-0.05, 0) is 92.7 Å². The smallest absolute Gasteiger partial charge is 0.253 e. The average Bonchev–Trinajstić information content (AvgIpc) is 3.12. The summed E-state index contributed by atoms with van der Waals surface area (Å²) in [5.41, 5.74) is 5.05. The molecule has 2 amide bonds. The third-order valence-corrected chi connectivity index (χ3v) is 7.40. The van der Waals surface area contributed by atoms with E-state index in [1.165, 1.54) is 32.1 Å². The Labute approximate surface area is 231 Å². The highest BCUT2D eigenvalue weighted by atomic mass is 16.2. The minimum atomic E-state index is -0.328. The fourth-order valence-corrected chi connectivity index (χ4v) is 5.17. The van der Waals surface area contributed by atoms with Crippen LogP contribution in [0.1, 0.15) is 126 Å². The molecule has 0 saturated heterocycles. The Morgan fingerprint density at radius 1 is 0.868 bits per heavy atom. The molecule has 1 saturated carbocycles. The summed E-state index contributed by atoms with van der Waals surface area (Å²) in [6.07, 6.45) is 6.31. The maximum Gasteiger partial charge on any atom is 0.253 e. The molecule has 1 aliphatic carbocycles. The molecule has 0 unspecified atom stereocenters. The Morgan fingerprint density at radius 3 is 2.05 bits per heavy atom. The number of carbonyl (C=O) groups is 2. The van der Waals surface area contributed by atoms with Crippen molar-refractivity contribution >= 4 is 11.8 Å². The number of rotatable bonds is 6. The Kier molecular flexibility index (Phi) is 8.90. The van der Waals surface area contributed by atoms with Gasteiger partial charge in [-0.25, -0.2) is 0 Å². The van der Waals surface area contributed by atoms with Crippen LogP contribution in [0.3, 0.4) is 0 Å². The number of nitrogens with one attached hydrogen (secondary N) is 2. The second-order valence-electron chi connectivity index (χ2n) is 14.6. The van der Waals surface area contributed by atoms with Crippen LogP contribution >= 0.6 is 0 Å². The molecule has 5 nitrogen and oxygen atoms in total. The number of carbonyl (C=O) groups excluding carboxylic acids is 2. The van der Waals surface area contributed by atoms with E-state index in [0.717, 1.165) is 34.6 Å². The van der Waals surface area contributed by atoms with Crippen molar-refractivity contribution < 1.29 is 9.59 Å². The minimum absolute atomic E-state index is 0.00736. The number of aromatic nitrogens is 1. The van der Waals surface area contributed by atoms with Crippen molar-refractivity contribution in [3.8, 4) is 11.3 Å². The van der Waals surface area contributed by atoms with Crippen molar-refractivity contribution in [2.45, 2.75) is 119 Å². The Morgan fingerprint density at radius 2 is 1.50 bits per heavy atom. The van der Waals surface area contributed by atoms with Crippen LogP contribution in [0.2, 0.25) is 0 Å². The molecule has 2 N–H and O–H groups in total. The van der Waals surface area contributed by atoms with Crippen molar-refractivity contribution in [1.29, 1.82) is 0 Å². The molecule has 5 heteroatoms. The summed E-state index contributed by atoms with van der Waals surface area (Å²) in [6.45, 7) is 22.5. The first-order chi connectivity index (χ1) is 17.4.